The van der Waals surface area contributed by atoms with E-state index in [0.29, 0.717) is 22.2 Å². The third-order valence-electron chi connectivity index (χ3n) is 5.26. The van der Waals surface area contributed by atoms with Gasteiger partial charge >= 0.3 is 5.97 Å². The Bertz CT molecular complexity index is 1350. The molecular weight excluding hydrogens is 471 g/mol. The second kappa shape index (κ2) is 10.1. The van der Waals surface area contributed by atoms with Crippen LogP contribution in [0.25, 0.3) is 10.4 Å². The zero-order valence-corrected chi connectivity index (χ0v) is 20.5. The highest BCUT2D eigenvalue weighted by atomic mass is 32.1. The molecule has 2 N–H and O–H groups in total. The third kappa shape index (κ3) is 5.16. The van der Waals surface area contributed by atoms with Gasteiger partial charge in [0.15, 0.2) is 5.11 Å². The van der Waals surface area contributed by atoms with Gasteiger partial charge in [0.25, 0.3) is 0 Å². The van der Waals surface area contributed by atoms with Crippen LogP contribution in [0.3, 0.4) is 0 Å². The highest BCUT2D eigenvalue weighted by molar-refractivity contribution is 7.80. The summed E-state index contributed by atoms with van der Waals surface area (Å²) in [4.78, 5) is 13.3. The average molecular weight is 495 g/mol. The standard InChI is InChI=1S/C25H23FN4O2S2/c1-15-22(16(2)30(29-15)14-17-8-7-11-19(26)12-17)27-25(33)28-23-20(24(31)32-3)13-21(34-23)18-9-5-4-6-10-18/h4-13H,14H2,1-3H3,(H2,27,28,33). The molecule has 2 aromatic carbocycles. The van der Waals surface area contributed by atoms with Gasteiger partial charge in [-0.25, -0.2) is 9.18 Å². The minimum atomic E-state index is -0.445. The third-order valence-corrected chi connectivity index (χ3v) is 6.57. The molecule has 0 spiro atoms. The van der Waals surface area contributed by atoms with Crippen LogP contribution in [0.5, 0.6) is 0 Å². The van der Waals surface area contributed by atoms with Crippen LogP contribution in [-0.4, -0.2) is 28.0 Å². The first-order valence-corrected chi connectivity index (χ1v) is 11.7. The zero-order valence-electron chi connectivity index (χ0n) is 18.9. The van der Waals surface area contributed by atoms with Crippen molar-refractivity contribution in [3.05, 3.63) is 89.0 Å². The molecule has 0 aliphatic rings. The number of anilines is 2. The minimum Gasteiger partial charge on any atom is -0.465 e. The Kier molecular flexibility index (Phi) is 7.04. The van der Waals surface area contributed by atoms with E-state index in [1.165, 1.54) is 30.6 Å². The van der Waals surface area contributed by atoms with Gasteiger partial charge in [0.05, 0.1) is 36.3 Å². The van der Waals surface area contributed by atoms with Gasteiger partial charge in [-0.1, -0.05) is 42.5 Å². The predicted octanol–water partition coefficient (Wildman–Crippen LogP) is 6.01. The van der Waals surface area contributed by atoms with Crippen molar-refractivity contribution in [1.29, 1.82) is 0 Å². The number of rotatable bonds is 6. The fraction of sp³-hybridized carbons (Fsp3) is 0.160. The number of nitrogens with zero attached hydrogens (tertiary/aromatic N) is 2. The van der Waals surface area contributed by atoms with Gasteiger partial charge in [0.1, 0.15) is 10.8 Å². The molecule has 0 fully saturated rings. The summed E-state index contributed by atoms with van der Waals surface area (Å²) < 4.78 is 20.3. The number of thiophene rings is 1. The summed E-state index contributed by atoms with van der Waals surface area (Å²) in [5.41, 5.74) is 4.58. The Balaban J connectivity index is 1.54. The molecule has 0 unspecified atom stereocenters. The lowest BCUT2D eigenvalue weighted by molar-refractivity contribution is 0.0602. The maximum absolute atomic E-state index is 13.6. The number of carbonyl (C=O) groups excluding carboxylic acids is 1. The van der Waals surface area contributed by atoms with E-state index in [1.54, 1.807) is 16.8 Å². The lowest BCUT2D eigenvalue weighted by Crippen LogP contribution is -2.20. The number of aryl methyl sites for hydroxylation is 1. The fourth-order valence-electron chi connectivity index (χ4n) is 3.58. The molecule has 4 aromatic rings. The lowest BCUT2D eigenvalue weighted by Gasteiger charge is -2.11. The summed E-state index contributed by atoms with van der Waals surface area (Å²) >= 11 is 6.96. The number of carbonyl (C=O) groups is 1. The molecule has 0 radical (unpaired) electrons. The van der Waals surface area contributed by atoms with Crippen LogP contribution in [-0.2, 0) is 11.3 Å². The van der Waals surface area contributed by atoms with Crippen molar-refractivity contribution >= 4 is 45.3 Å². The Hall–Kier alpha value is -3.56. The number of hydrogen-bond donors (Lipinski definition) is 2. The number of methoxy groups -OCH3 is 1. The molecule has 0 bridgehead atoms. The molecule has 0 saturated heterocycles. The maximum Gasteiger partial charge on any atom is 0.340 e. The Morgan fingerprint density at radius 2 is 1.88 bits per heavy atom. The molecule has 0 atom stereocenters. The first-order chi connectivity index (χ1) is 16.4. The first kappa shape index (κ1) is 23.6. The summed E-state index contributed by atoms with van der Waals surface area (Å²) in [5.74, 6) is -0.728. The van der Waals surface area contributed by atoms with Crippen LogP contribution in [0.1, 0.15) is 27.3 Å². The number of aromatic nitrogens is 2. The van der Waals surface area contributed by atoms with Crippen molar-refractivity contribution in [2.45, 2.75) is 20.4 Å². The summed E-state index contributed by atoms with van der Waals surface area (Å²) in [7, 11) is 1.35. The molecule has 34 heavy (non-hydrogen) atoms. The molecule has 6 nitrogen and oxygen atoms in total. The molecule has 0 aliphatic carbocycles. The minimum absolute atomic E-state index is 0.282. The quantitative estimate of drug-likeness (QED) is 0.253. The average Bonchev–Trinajstić information content (AvgIpc) is 3.35. The first-order valence-electron chi connectivity index (χ1n) is 10.5. The van der Waals surface area contributed by atoms with Gasteiger partial charge < -0.3 is 15.4 Å². The molecule has 0 saturated carbocycles. The molecule has 0 amide bonds. The zero-order chi connectivity index (χ0) is 24.2. The van der Waals surface area contributed by atoms with E-state index in [2.05, 4.69) is 15.7 Å². The second-order valence-corrected chi connectivity index (χ2v) is 9.08. The van der Waals surface area contributed by atoms with Crippen LogP contribution in [0, 0.1) is 19.7 Å². The molecule has 9 heteroatoms. The van der Waals surface area contributed by atoms with E-state index >= 15 is 0 Å². The topological polar surface area (TPSA) is 68.2 Å². The molecule has 0 aliphatic heterocycles. The van der Waals surface area contributed by atoms with E-state index in [4.69, 9.17) is 17.0 Å². The number of hydrogen-bond acceptors (Lipinski definition) is 5. The van der Waals surface area contributed by atoms with Gasteiger partial charge in [0.2, 0.25) is 0 Å². The van der Waals surface area contributed by atoms with Gasteiger partial charge in [0, 0.05) is 4.88 Å². The van der Waals surface area contributed by atoms with Crippen LogP contribution in [0.15, 0.2) is 60.7 Å². The van der Waals surface area contributed by atoms with Gasteiger partial charge in [-0.2, -0.15) is 5.10 Å². The molecular formula is C25H23FN4O2S2. The van der Waals surface area contributed by atoms with Crippen LogP contribution < -0.4 is 10.6 Å². The summed E-state index contributed by atoms with van der Waals surface area (Å²) in [6.07, 6.45) is 0. The number of ether oxygens (including phenoxy) is 1. The largest absolute Gasteiger partial charge is 0.465 e. The predicted molar refractivity (Wildman–Crippen MR) is 138 cm³/mol. The fourth-order valence-corrected chi connectivity index (χ4v) is 4.90. The van der Waals surface area contributed by atoms with E-state index in [1.807, 2.05) is 50.2 Å². The molecule has 174 valence electrons. The van der Waals surface area contributed by atoms with Crippen molar-refractivity contribution in [2.75, 3.05) is 17.7 Å². The van der Waals surface area contributed by atoms with E-state index in [9.17, 15) is 9.18 Å². The summed E-state index contributed by atoms with van der Waals surface area (Å²) in [5, 5.41) is 11.8. The molecule has 2 aromatic heterocycles. The lowest BCUT2D eigenvalue weighted by atomic mass is 10.1. The monoisotopic (exact) mass is 494 g/mol. The number of esters is 1. The number of nitrogens with one attached hydrogen (secondary N) is 2. The smallest absolute Gasteiger partial charge is 0.340 e. The molecule has 4 rings (SSSR count). The number of benzene rings is 2. The number of thiocarbonyl (C=S) groups is 1. The van der Waals surface area contributed by atoms with Crippen molar-refractivity contribution < 1.29 is 13.9 Å². The highest BCUT2D eigenvalue weighted by Crippen LogP contribution is 2.36. The number of halogens is 1. The Morgan fingerprint density at radius 1 is 1.12 bits per heavy atom. The van der Waals surface area contributed by atoms with Gasteiger partial charge in [-0.15, -0.1) is 11.3 Å². The summed E-state index contributed by atoms with van der Waals surface area (Å²) in [6, 6.07) is 18.0. The molecule has 2 heterocycles. The van der Waals surface area contributed by atoms with Crippen LogP contribution >= 0.6 is 23.6 Å². The SMILES string of the molecule is COC(=O)c1cc(-c2ccccc2)sc1NC(=S)Nc1c(C)nn(Cc2cccc(F)c2)c1C. The second-order valence-electron chi connectivity index (χ2n) is 7.62. The van der Waals surface area contributed by atoms with Crippen molar-refractivity contribution in [3.63, 3.8) is 0 Å². The highest BCUT2D eigenvalue weighted by Gasteiger charge is 2.20. The van der Waals surface area contributed by atoms with E-state index < -0.39 is 5.97 Å². The van der Waals surface area contributed by atoms with Crippen molar-refractivity contribution in [2.24, 2.45) is 0 Å². The van der Waals surface area contributed by atoms with Crippen molar-refractivity contribution in [3.8, 4) is 10.4 Å². The van der Waals surface area contributed by atoms with E-state index in [-0.39, 0.29) is 5.82 Å². The Labute approximate surface area is 206 Å². The summed E-state index contributed by atoms with van der Waals surface area (Å²) in [6.45, 7) is 4.23. The van der Waals surface area contributed by atoms with Gasteiger partial charge in [-0.05, 0) is 55.4 Å². The van der Waals surface area contributed by atoms with Gasteiger partial charge in [-0.3, -0.25) is 4.68 Å². The Morgan fingerprint density at radius 3 is 2.59 bits per heavy atom. The van der Waals surface area contributed by atoms with E-state index in [0.717, 1.165) is 33.1 Å². The normalized spacial score (nSPS) is 10.7. The van der Waals surface area contributed by atoms with Crippen LogP contribution in [0.2, 0.25) is 0 Å². The maximum atomic E-state index is 13.6. The van der Waals surface area contributed by atoms with Crippen molar-refractivity contribution in [1.82, 2.24) is 9.78 Å². The van der Waals surface area contributed by atoms with Crippen LogP contribution in [0.4, 0.5) is 15.1 Å².